The fourth-order valence-corrected chi connectivity index (χ4v) is 1.29. The molecule has 1 radical (unpaired) electrons. The molecule has 15 heavy (non-hydrogen) atoms. The van der Waals surface area contributed by atoms with Crippen molar-refractivity contribution in [3.63, 3.8) is 0 Å². The van der Waals surface area contributed by atoms with E-state index >= 15 is 0 Å². The van der Waals surface area contributed by atoms with Gasteiger partial charge in [-0.1, -0.05) is 65.0 Å². The molecule has 0 heterocycles. The van der Waals surface area contributed by atoms with Crippen molar-refractivity contribution in [2.24, 2.45) is 5.41 Å². The van der Waals surface area contributed by atoms with E-state index in [-0.39, 0.29) is 45.6 Å². The van der Waals surface area contributed by atoms with E-state index in [1.807, 2.05) is 0 Å². The summed E-state index contributed by atoms with van der Waals surface area (Å²) in [7, 11) is 0. The van der Waals surface area contributed by atoms with Gasteiger partial charge >= 0.3 is 0 Å². The normalized spacial score (nSPS) is 11.3. The largest absolute Gasteiger partial charge is 0.358 e. The first-order valence-electron chi connectivity index (χ1n) is 4.91. The molecule has 0 aliphatic heterocycles. The Balaban J connectivity index is 0. The van der Waals surface area contributed by atoms with Gasteiger partial charge < -0.3 is 7.43 Å². The Bertz CT molecular complexity index is 267. The molecule has 1 rings (SSSR count). The first-order valence-corrected chi connectivity index (χ1v) is 4.91. The first kappa shape index (κ1) is 17.7. The predicted octanol–water partition coefficient (Wildman–Crippen LogP) is 4.46. The van der Waals surface area contributed by atoms with Gasteiger partial charge in [0.1, 0.15) is 0 Å². The zero-order chi connectivity index (χ0) is 10.1. The van der Waals surface area contributed by atoms with Crippen LogP contribution in [-0.2, 0) is 38.1 Å². The van der Waals surface area contributed by atoms with Crippen molar-refractivity contribution in [3.8, 4) is 0 Å². The first-order chi connectivity index (χ1) is 5.86. The number of rotatable bonds is 1. The summed E-state index contributed by atoms with van der Waals surface area (Å²) in [5.41, 5.74) is 1.95. The fraction of sp³-hybridized carbons (Fsp3) is 0.500. The van der Waals surface area contributed by atoms with E-state index in [2.05, 4.69) is 65.0 Å². The quantitative estimate of drug-likeness (QED) is 0.666. The molecule has 0 nitrogen and oxygen atoms in total. The van der Waals surface area contributed by atoms with E-state index < -0.39 is 0 Å². The van der Waals surface area contributed by atoms with Crippen LogP contribution in [0.15, 0.2) is 30.3 Å². The van der Waals surface area contributed by atoms with Gasteiger partial charge in [0.15, 0.2) is 0 Å². The summed E-state index contributed by atoms with van der Waals surface area (Å²) in [6.07, 6.45) is 0. The summed E-state index contributed by atoms with van der Waals surface area (Å²) in [6.45, 7) is 11.5. The van der Waals surface area contributed by atoms with Crippen LogP contribution in [0.4, 0.5) is 0 Å². The molecule has 83 valence electrons. The Kier molecular flexibility index (Phi) is 7.27. The summed E-state index contributed by atoms with van der Waals surface area (Å²) < 4.78 is 0. The molecule has 0 N–H and O–H groups in total. The van der Waals surface area contributed by atoms with Crippen LogP contribution in [0.3, 0.4) is 0 Å². The maximum atomic E-state index is 2.31. The van der Waals surface area contributed by atoms with E-state index in [1.165, 1.54) is 5.56 Å². The maximum Gasteiger partial charge on any atom is 0 e. The Labute approximate surface area is 121 Å². The SMILES string of the molecule is CC(C)(C)C(C)(C)c1ccccc1.[CH3-].[Y]. The van der Waals surface area contributed by atoms with Gasteiger partial charge in [0.2, 0.25) is 0 Å². The van der Waals surface area contributed by atoms with Crippen molar-refractivity contribution < 1.29 is 32.7 Å². The van der Waals surface area contributed by atoms with E-state index in [0.717, 1.165) is 0 Å². The minimum absolute atomic E-state index is 0. The Morgan fingerprint density at radius 2 is 1.20 bits per heavy atom. The molecular formula is C14H23Y-. The van der Waals surface area contributed by atoms with Gasteiger partial charge in [0.25, 0.3) is 0 Å². The summed E-state index contributed by atoms with van der Waals surface area (Å²) >= 11 is 0. The molecule has 0 spiro atoms. The maximum absolute atomic E-state index is 2.31. The third-order valence-corrected chi connectivity index (χ3v) is 3.37. The number of hydrogen-bond donors (Lipinski definition) is 0. The standard InChI is InChI=1S/C13H20.CH3.Y/c1-12(2,3)13(4,5)11-9-7-6-8-10-11;;/h6-10H,1-5H3;1H3;/q;-1;. The van der Waals surface area contributed by atoms with Gasteiger partial charge in [-0.3, -0.25) is 0 Å². The van der Waals surface area contributed by atoms with Crippen LogP contribution in [0.1, 0.15) is 40.2 Å². The molecular weight excluding hydrogens is 257 g/mol. The number of benzene rings is 1. The van der Waals surface area contributed by atoms with Crippen LogP contribution in [0, 0.1) is 12.8 Å². The average Bonchev–Trinajstić information content (AvgIpc) is 2.04. The summed E-state index contributed by atoms with van der Waals surface area (Å²) in [5, 5.41) is 0. The van der Waals surface area contributed by atoms with Gasteiger partial charge in [0.05, 0.1) is 0 Å². The minimum atomic E-state index is 0. The van der Waals surface area contributed by atoms with Crippen molar-refractivity contribution >= 4 is 0 Å². The Morgan fingerprint density at radius 1 is 0.800 bits per heavy atom. The Hall–Kier alpha value is 0.324. The topological polar surface area (TPSA) is 0 Å². The summed E-state index contributed by atoms with van der Waals surface area (Å²) in [5.74, 6) is 0. The molecule has 1 heteroatoms. The summed E-state index contributed by atoms with van der Waals surface area (Å²) in [6, 6.07) is 10.7. The third-order valence-electron chi connectivity index (χ3n) is 3.37. The molecule has 0 bridgehead atoms. The third kappa shape index (κ3) is 4.00. The molecule has 0 fully saturated rings. The smallest absolute Gasteiger partial charge is 0 e. The zero-order valence-electron chi connectivity index (χ0n) is 11.0. The van der Waals surface area contributed by atoms with Crippen LogP contribution < -0.4 is 0 Å². The van der Waals surface area contributed by atoms with Gasteiger partial charge in [-0.25, -0.2) is 0 Å². The molecule has 1 aromatic carbocycles. The molecule has 0 unspecified atom stereocenters. The number of hydrogen-bond acceptors (Lipinski definition) is 0. The monoisotopic (exact) mass is 280 g/mol. The van der Waals surface area contributed by atoms with Gasteiger partial charge in [-0.15, -0.1) is 0 Å². The van der Waals surface area contributed by atoms with E-state index in [4.69, 9.17) is 0 Å². The predicted molar refractivity (Wildman–Crippen MR) is 65.3 cm³/mol. The van der Waals surface area contributed by atoms with E-state index in [9.17, 15) is 0 Å². The van der Waals surface area contributed by atoms with Crippen LogP contribution in [-0.4, -0.2) is 0 Å². The van der Waals surface area contributed by atoms with Crippen LogP contribution in [0.2, 0.25) is 0 Å². The van der Waals surface area contributed by atoms with Crippen LogP contribution >= 0.6 is 0 Å². The van der Waals surface area contributed by atoms with Crippen LogP contribution in [0.5, 0.6) is 0 Å². The molecule has 0 amide bonds. The molecule has 0 saturated heterocycles. The Morgan fingerprint density at radius 3 is 1.53 bits per heavy atom. The van der Waals surface area contributed by atoms with Gasteiger partial charge in [-0.2, -0.15) is 0 Å². The second-order valence-corrected chi connectivity index (χ2v) is 5.24. The van der Waals surface area contributed by atoms with E-state index in [0.29, 0.717) is 5.41 Å². The summed E-state index contributed by atoms with van der Waals surface area (Å²) in [4.78, 5) is 0. The van der Waals surface area contributed by atoms with Crippen molar-refractivity contribution in [2.75, 3.05) is 0 Å². The molecule has 1 aromatic rings. The van der Waals surface area contributed by atoms with Crippen LogP contribution in [0.25, 0.3) is 0 Å². The van der Waals surface area contributed by atoms with Crippen molar-refractivity contribution in [1.29, 1.82) is 0 Å². The van der Waals surface area contributed by atoms with Crippen molar-refractivity contribution in [2.45, 2.75) is 40.0 Å². The minimum Gasteiger partial charge on any atom is -0.358 e. The fourth-order valence-electron chi connectivity index (χ4n) is 1.29. The molecule has 0 aliphatic carbocycles. The molecule has 0 atom stereocenters. The van der Waals surface area contributed by atoms with Crippen molar-refractivity contribution in [3.05, 3.63) is 43.3 Å². The second kappa shape index (κ2) is 6.16. The molecule has 0 saturated carbocycles. The molecule has 0 aromatic heterocycles. The van der Waals surface area contributed by atoms with E-state index in [1.54, 1.807) is 0 Å². The van der Waals surface area contributed by atoms with Gasteiger partial charge in [-0.05, 0) is 16.4 Å². The molecule has 0 aliphatic rings. The van der Waals surface area contributed by atoms with Crippen molar-refractivity contribution in [1.82, 2.24) is 0 Å². The zero-order valence-corrected chi connectivity index (χ0v) is 13.8. The second-order valence-electron chi connectivity index (χ2n) is 5.24. The average molecular weight is 280 g/mol. The van der Waals surface area contributed by atoms with Gasteiger partial charge in [0, 0.05) is 32.7 Å².